The molecular weight excluding hydrogens is 258 g/mol. The summed E-state index contributed by atoms with van der Waals surface area (Å²) in [6.45, 7) is 0. The number of nitrogens with zero attached hydrogens (tertiary/aromatic N) is 2. The summed E-state index contributed by atoms with van der Waals surface area (Å²) in [5.41, 5.74) is 7.43. The van der Waals surface area contributed by atoms with Crippen molar-refractivity contribution in [2.45, 2.75) is 0 Å². The fourth-order valence-corrected chi connectivity index (χ4v) is 1.82. The van der Waals surface area contributed by atoms with Crippen molar-refractivity contribution in [3.05, 3.63) is 48.0 Å². The topological polar surface area (TPSA) is 51.4 Å². The van der Waals surface area contributed by atoms with Crippen molar-refractivity contribution in [2.24, 2.45) is 5.73 Å². The summed E-state index contributed by atoms with van der Waals surface area (Å²) >= 11 is 4.93. The first-order chi connectivity index (χ1) is 9.11. The summed E-state index contributed by atoms with van der Waals surface area (Å²) in [7, 11) is 3.54. The Hall–Kier alpha value is -2.14. The molecule has 4 nitrogen and oxygen atoms in total. The molecule has 0 bridgehead atoms. The third kappa shape index (κ3) is 3.00. The third-order valence-electron chi connectivity index (χ3n) is 2.80. The summed E-state index contributed by atoms with van der Waals surface area (Å²) in [4.78, 5) is 6.74. The van der Waals surface area contributed by atoms with Crippen LogP contribution in [0.2, 0.25) is 0 Å². The van der Waals surface area contributed by atoms with Gasteiger partial charge >= 0.3 is 0 Å². The molecule has 0 unspecified atom stereocenters. The first-order valence-electron chi connectivity index (χ1n) is 5.76. The predicted octanol–water partition coefficient (Wildman–Crippen LogP) is 2.49. The number of benzene rings is 1. The van der Waals surface area contributed by atoms with Crippen molar-refractivity contribution < 1.29 is 4.74 Å². The van der Waals surface area contributed by atoms with Crippen LogP contribution in [0.1, 0.15) is 5.56 Å². The second kappa shape index (κ2) is 5.67. The molecular formula is C14H15N3OS. The van der Waals surface area contributed by atoms with E-state index in [0.29, 0.717) is 10.9 Å². The number of hydrogen-bond donors (Lipinski definition) is 1. The van der Waals surface area contributed by atoms with Crippen molar-refractivity contribution in [1.82, 2.24) is 4.98 Å². The highest BCUT2D eigenvalue weighted by molar-refractivity contribution is 7.80. The van der Waals surface area contributed by atoms with Crippen LogP contribution in [0.25, 0.3) is 0 Å². The Bertz CT molecular complexity index is 583. The van der Waals surface area contributed by atoms with E-state index in [-0.39, 0.29) is 0 Å². The zero-order valence-corrected chi connectivity index (χ0v) is 11.6. The van der Waals surface area contributed by atoms with Crippen LogP contribution in [0.5, 0.6) is 5.88 Å². The molecule has 0 aliphatic heterocycles. The normalized spacial score (nSPS) is 10.0. The Morgan fingerprint density at radius 2 is 1.89 bits per heavy atom. The fraction of sp³-hybridized carbons (Fsp3) is 0.143. The number of hydrogen-bond acceptors (Lipinski definition) is 4. The molecule has 0 atom stereocenters. The second-order valence-electron chi connectivity index (χ2n) is 4.01. The average Bonchev–Trinajstić information content (AvgIpc) is 2.46. The van der Waals surface area contributed by atoms with Crippen LogP contribution in [0.3, 0.4) is 0 Å². The lowest BCUT2D eigenvalue weighted by molar-refractivity contribution is 0.398. The van der Waals surface area contributed by atoms with Gasteiger partial charge in [0.1, 0.15) is 10.8 Å². The maximum Gasteiger partial charge on any atom is 0.214 e. The largest absolute Gasteiger partial charge is 0.481 e. The van der Waals surface area contributed by atoms with Gasteiger partial charge in [0.2, 0.25) is 5.88 Å². The maximum atomic E-state index is 5.58. The van der Waals surface area contributed by atoms with Gasteiger partial charge in [0.05, 0.1) is 7.11 Å². The minimum absolute atomic E-state index is 0.397. The standard InChI is InChI=1S/C14H15N3OS/c1-17(12-4-3-5-13(16-12)18-2)11-8-6-10(7-9-11)14(15)19/h3-9H,1-2H3,(H2,15,19). The van der Waals surface area contributed by atoms with Crippen molar-refractivity contribution in [2.75, 3.05) is 19.1 Å². The summed E-state index contributed by atoms with van der Waals surface area (Å²) < 4.78 is 5.12. The lowest BCUT2D eigenvalue weighted by atomic mass is 10.2. The summed E-state index contributed by atoms with van der Waals surface area (Å²) in [6, 6.07) is 13.3. The molecule has 0 fully saturated rings. The number of thiocarbonyl (C=S) groups is 1. The van der Waals surface area contributed by atoms with Gasteiger partial charge in [-0.15, -0.1) is 0 Å². The highest BCUT2D eigenvalue weighted by Crippen LogP contribution is 2.23. The quantitative estimate of drug-likeness (QED) is 0.867. The first kappa shape index (κ1) is 13.3. The molecule has 0 radical (unpaired) electrons. The van der Waals surface area contributed by atoms with E-state index in [9.17, 15) is 0 Å². The Kier molecular flexibility index (Phi) is 3.97. The number of aromatic nitrogens is 1. The van der Waals surface area contributed by atoms with Gasteiger partial charge in [-0.2, -0.15) is 4.98 Å². The van der Waals surface area contributed by atoms with Gasteiger partial charge in [-0.05, 0) is 30.3 Å². The molecule has 1 aromatic heterocycles. The van der Waals surface area contributed by atoms with E-state index < -0.39 is 0 Å². The van der Waals surface area contributed by atoms with Crippen LogP contribution < -0.4 is 15.4 Å². The molecule has 0 aliphatic rings. The van der Waals surface area contributed by atoms with Crippen LogP contribution in [0.4, 0.5) is 11.5 Å². The van der Waals surface area contributed by atoms with Gasteiger partial charge in [0.15, 0.2) is 0 Å². The van der Waals surface area contributed by atoms with Gasteiger partial charge in [-0.3, -0.25) is 0 Å². The van der Waals surface area contributed by atoms with E-state index in [0.717, 1.165) is 17.1 Å². The highest BCUT2D eigenvalue weighted by Gasteiger charge is 2.06. The molecule has 19 heavy (non-hydrogen) atoms. The van der Waals surface area contributed by atoms with Crippen LogP contribution in [0, 0.1) is 0 Å². The average molecular weight is 273 g/mol. The minimum Gasteiger partial charge on any atom is -0.481 e. The molecule has 0 amide bonds. The van der Waals surface area contributed by atoms with Crippen LogP contribution in [0.15, 0.2) is 42.5 Å². The second-order valence-corrected chi connectivity index (χ2v) is 4.45. The van der Waals surface area contributed by atoms with Crippen LogP contribution in [-0.4, -0.2) is 24.1 Å². The molecule has 1 heterocycles. The summed E-state index contributed by atoms with van der Waals surface area (Å²) in [6.07, 6.45) is 0. The molecule has 2 aromatic rings. The fourth-order valence-electron chi connectivity index (χ4n) is 1.69. The molecule has 0 saturated heterocycles. The lowest BCUT2D eigenvalue weighted by Gasteiger charge is -2.19. The summed E-state index contributed by atoms with van der Waals surface area (Å²) in [5, 5.41) is 0. The van der Waals surface area contributed by atoms with Gasteiger partial charge in [0.25, 0.3) is 0 Å². The zero-order valence-electron chi connectivity index (χ0n) is 10.8. The monoisotopic (exact) mass is 273 g/mol. The summed E-state index contributed by atoms with van der Waals surface area (Å²) in [5.74, 6) is 1.39. The number of ether oxygens (including phenoxy) is 1. The van der Waals surface area contributed by atoms with Crippen LogP contribution in [-0.2, 0) is 0 Å². The Labute approximate surface area is 117 Å². The number of nitrogens with two attached hydrogens (primary N) is 1. The van der Waals surface area contributed by atoms with Crippen molar-refractivity contribution in [3.8, 4) is 5.88 Å². The molecule has 0 aliphatic carbocycles. The van der Waals surface area contributed by atoms with E-state index >= 15 is 0 Å². The minimum atomic E-state index is 0.397. The zero-order chi connectivity index (χ0) is 13.8. The smallest absolute Gasteiger partial charge is 0.214 e. The van der Waals surface area contributed by atoms with Crippen molar-refractivity contribution >= 4 is 28.7 Å². The van der Waals surface area contributed by atoms with E-state index in [1.165, 1.54) is 0 Å². The van der Waals surface area contributed by atoms with E-state index in [1.54, 1.807) is 7.11 Å². The number of rotatable bonds is 4. The molecule has 0 saturated carbocycles. The van der Waals surface area contributed by atoms with Crippen molar-refractivity contribution in [1.29, 1.82) is 0 Å². The third-order valence-corrected chi connectivity index (χ3v) is 3.04. The van der Waals surface area contributed by atoms with E-state index in [1.807, 2.05) is 54.4 Å². The SMILES string of the molecule is COc1cccc(N(C)c2ccc(C(N)=S)cc2)n1. The Balaban J connectivity index is 2.27. The van der Waals surface area contributed by atoms with Gasteiger partial charge < -0.3 is 15.4 Å². The maximum absolute atomic E-state index is 5.58. The predicted molar refractivity (Wildman–Crippen MR) is 81.2 cm³/mol. The Morgan fingerprint density at radius 3 is 2.47 bits per heavy atom. The van der Waals surface area contributed by atoms with E-state index in [2.05, 4.69) is 4.98 Å². The molecule has 98 valence electrons. The van der Waals surface area contributed by atoms with Crippen molar-refractivity contribution in [3.63, 3.8) is 0 Å². The van der Waals surface area contributed by atoms with E-state index in [4.69, 9.17) is 22.7 Å². The highest BCUT2D eigenvalue weighted by atomic mass is 32.1. The lowest BCUT2D eigenvalue weighted by Crippen LogP contribution is -2.13. The molecule has 0 spiro atoms. The van der Waals surface area contributed by atoms with Gasteiger partial charge in [-0.1, -0.05) is 18.3 Å². The molecule has 1 aromatic carbocycles. The molecule has 2 rings (SSSR count). The molecule has 2 N–H and O–H groups in total. The number of methoxy groups -OCH3 is 1. The Morgan fingerprint density at radius 1 is 1.21 bits per heavy atom. The number of anilines is 2. The number of pyridine rings is 1. The van der Waals surface area contributed by atoms with Gasteiger partial charge in [0, 0.05) is 24.4 Å². The first-order valence-corrected chi connectivity index (χ1v) is 6.17. The molecule has 5 heteroatoms. The van der Waals surface area contributed by atoms with Crippen LogP contribution >= 0.6 is 12.2 Å². The van der Waals surface area contributed by atoms with Gasteiger partial charge in [-0.25, -0.2) is 0 Å².